The number of amides is 1. The smallest absolute Gasteiger partial charge is 0.229 e. The lowest BCUT2D eigenvalue weighted by atomic mass is 9.86. The van der Waals surface area contributed by atoms with E-state index in [4.69, 9.17) is 5.73 Å². The van der Waals surface area contributed by atoms with Crippen molar-refractivity contribution in [1.82, 2.24) is 9.80 Å². The molecule has 1 unspecified atom stereocenters. The molecule has 1 aliphatic rings. The molecule has 1 aromatic rings. The maximum atomic E-state index is 12.5. The molecule has 0 spiro atoms. The first-order valence-electron chi connectivity index (χ1n) is 7.33. The third kappa shape index (κ3) is 3.40. The lowest BCUT2D eigenvalue weighted by Gasteiger charge is -2.39. The molecule has 1 fully saturated rings. The summed E-state index contributed by atoms with van der Waals surface area (Å²) in [4.78, 5) is 18.3. The molecule has 1 aliphatic heterocycles. The van der Waals surface area contributed by atoms with E-state index >= 15 is 0 Å². The monoisotopic (exact) mass is 295 g/mol. The van der Waals surface area contributed by atoms with Gasteiger partial charge in [0.15, 0.2) is 0 Å². The first-order chi connectivity index (χ1) is 9.59. The fraction of sp³-hybridized carbons (Fsp3) is 0.667. The van der Waals surface area contributed by atoms with Gasteiger partial charge in [-0.2, -0.15) is 0 Å². The number of hydrogen-bond acceptors (Lipinski definition) is 4. The van der Waals surface area contributed by atoms with E-state index < -0.39 is 5.41 Å². The van der Waals surface area contributed by atoms with Crippen molar-refractivity contribution < 1.29 is 4.79 Å². The van der Waals surface area contributed by atoms with Gasteiger partial charge in [-0.05, 0) is 24.8 Å². The second kappa shape index (κ2) is 6.70. The molecule has 0 aliphatic carbocycles. The molecule has 0 aromatic carbocycles. The van der Waals surface area contributed by atoms with Crippen LogP contribution in [0.3, 0.4) is 0 Å². The zero-order valence-electron chi connectivity index (χ0n) is 12.5. The van der Waals surface area contributed by atoms with Gasteiger partial charge in [0.1, 0.15) is 0 Å². The molecule has 2 N–H and O–H groups in total. The van der Waals surface area contributed by atoms with Gasteiger partial charge < -0.3 is 10.6 Å². The molecule has 2 heterocycles. The molecule has 2 rings (SSSR count). The lowest BCUT2D eigenvalue weighted by Crippen LogP contribution is -2.53. The average molecular weight is 295 g/mol. The summed E-state index contributed by atoms with van der Waals surface area (Å²) in [7, 11) is 0. The van der Waals surface area contributed by atoms with E-state index in [0.717, 1.165) is 39.1 Å². The molecule has 1 aromatic heterocycles. The Labute approximate surface area is 125 Å². The third-order valence-corrected chi connectivity index (χ3v) is 5.23. The highest BCUT2D eigenvalue weighted by atomic mass is 32.1. The van der Waals surface area contributed by atoms with Crippen molar-refractivity contribution in [3.8, 4) is 0 Å². The van der Waals surface area contributed by atoms with Gasteiger partial charge in [-0.25, -0.2) is 0 Å². The van der Waals surface area contributed by atoms with Crippen LogP contribution in [0, 0.1) is 5.41 Å². The minimum absolute atomic E-state index is 0.221. The topological polar surface area (TPSA) is 49.6 Å². The van der Waals surface area contributed by atoms with Crippen LogP contribution in [-0.4, -0.2) is 48.4 Å². The zero-order chi connectivity index (χ0) is 14.6. The van der Waals surface area contributed by atoms with Gasteiger partial charge in [0.05, 0.1) is 5.41 Å². The summed E-state index contributed by atoms with van der Waals surface area (Å²) in [5.41, 5.74) is 5.39. The minimum Gasteiger partial charge on any atom is -0.340 e. The Hall–Kier alpha value is -0.910. The van der Waals surface area contributed by atoms with Crippen molar-refractivity contribution in [2.75, 3.05) is 32.7 Å². The molecule has 0 radical (unpaired) electrons. The molecule has 0 saturated carbocycles. The summed E-state index contributed by atoms with van der Waals surface area (Å²) in [6.07, 6.45) is 0.803. The van der Waals surface area contributed by atoms with Crippen molar-refractivity contribution in [2.24, 2.45) is 11.1 Å². The van der Waals surface area contributed by atoms with Crippen LogP contribution >= 0.6 is 11.3 Å². The van der Waals surface area contributed by atoms with Crippen LogP contribution in [0.5, 0.6) is 0 Å². The Bertz CT molecular complexity index is 420. The van der Waals surface area contributed by atoms with Gasteiger partial charge in [-0.1, -0.05) is 13.0 Å². The van der Waals surface area contributed by atoms with Crippen LogP contribution in [0.25, 0.3) is 0 Å². The van der Waals surface area contributed by atoms with Crippen molar-refractivity contribution in [1.29, 1.82) is 0 Å². The Morgan fingerprint density at radius 2 is 2.10 bits per heavy atom. The normalized spacial score (nSPS) is 19.9. The van der Waals surface area contributed by atoms with Gasteiger partial charge in [-0.15, -0.1) is 11.3 Å². The van der Waals surface area contributed by atoms with Crippen molar-refractivity contribution in [3.05, 3.63) is 22.4 Å². The lowest BCUT2D eigenvalue weighted by molar-refractivity contribution is -0.142. The van der Waals surface area contributed by atoms with E-state index in [2.05, 4.69) is 22.4 Å². The van der Waals surface area contributed by atoms with Crippen LogP contribution in [0.1, 0.15) is 25.1 Å². The Kier molecular flexibility index (Phi) is 5.18. The standard InChI is InChI=1S/C15H25N3OS/c1-3-15(2,12-16)14(19)18-8-6-17(7-9-18)11-13-5-4-10-20-13/h4-5,10H,3,6-9,11-12,16H2,1-2H3. The highest BCUT2D eigenvalue weighted by Gasteiger charge is 2.35. The average Bonchev–Trinajstić information content (AvgIpc) is 2.99. The van der Waals surface area contributed by atoms with E-state index in [-0.39, 0.29) is 5.91 Å². The molecule has 1 saturated heterocycles. The van der Waals surface area contributed by atoms with E-state index in [1.807, 2.05) is 18.7 Å². The largest absolute Gasteiger partial charge is 0.340 e. The van der Waals surface area contributed by atoms with Crippen LogP contribution < -0.4 is 5.73 Å². The summed E-state index contributed by atoms with van der Waals surface area (Å²) in [5.74, 6) is 0.221. The summed E-state index contributed by atoms with van der Waals surface area (Å²) in [6.45, 7) is 8.99. The van der Waals surface area contributed by atoms with E-state index in [9.17, 15) is 4.79 Å². The van der Waals surface area contributed by atoms with E-state index in [0.29, 0.717) is 6.54 Å². The second-order valence-corrected chi connectivity index (χ2v) is 6.80. The Balaban J connectivity index is 1.86. The zero-order valence-corrected chi connectivity index (χ0v) is 13.3. The number of nitrogens with two attached hydrogens (primary N) is 1. The van der Waals surface area contributed by atoms with Gasteiger partial charge in [-0.3, -0.25) is 9.69 Å². The van der Waals surface area contributed by atoms with E-state index in [1.165, 1.54) is 4.88 Å². The van der Waals surface area contributed by atoms with Gasteiger partial charge >= 0.3 is 0 Å². The third-order valence-electron chi connectivity index (χ3n) is 4.37. The van der Waals surface area contributed by atoms with Crippen molar-refractivity contribution >= 4 is 17.2 Å². The van der Waals surface area contributed by atoms with Gasteiger partial charge in [0, 0.05) is 44.1 Å². The molecule has 112 valence electrons. The highest BCUT2D eigenvalue weighted by Crippen LogP contribution is 2.23. The fourth-order valence-corrected chi connectivity index (χ4v) is 3.24. The summed E-state index contributed by atoms with van der Waals surface area (Å²) >= 11 is 1.80. The van der Waals surface area contributed by atoms with Crippen LogP contribution in [0.2, 0.25) is 0 Å². The van der Waals surface area contributed by atoms with Crippen molar-refractivity contribution in [3.63, 3.8) is 0 Å². The number of carbonyl (C=O) groups excluding carboxylic acids is 1. The molecule has 4 nitrogen and oxygen atoms in total. The predicted molar refractivity (Wildman–Crippen MR) is 83.6 cm³/mol. The number of thiophene rings is 1. The summed E-state index contributed by atoms with van der Waals surface area (Å²) in [5, 5.41) is 2.11. The molecule has 20 heavy (non-hydrogen) atoms. The quantitative estimate of drug-likeness (QED) is 0.900. The number of carbonyl (C=O) groups is 1. The first kappa shape index (κ1) is 15.5. The van der Waals surface area contributed by atoms with E-state index in [1.54, 1.807) is 11.3 Å². The molecule has 5 heteroatoms. The van der Waals surface area contributed by atoms with Crippen LogP contribution in [-0.2, 0) is 11.3 Å². The number of rotatable bonds is 5. The van der Waals surface area contributed by atoms with Crippen LogP contribution in [0.15, 0.2) is 17.5 Å². The molecule has 0 bridgehead atoms. The number of piperazine rings is 1. The SMILES string of the molecule is CCC(C)(CN)C(=O)N1CCN(Cc2cccs2)CC1. The number of nitrogens with zero attached hydrogens (tertiary/aromatic N) is 2. The molecule has 1 amide bonds. The maximum absolute atomic E-state index is 12.5. The fourth-order valence-electron chi connectivity index (χ4n) is 2.50. The van der Waals surface area contributed by atoms with Gasteiger partial charge in [0.2, 0.25) is 5.91 Å². The minimum atomic E-state index is -0.393. The summed E-state index contributed by atoms with van der Waals surface area (Å²) < 4.78 is 0. The molecular formula is C15H25N3OS. The Morgan fingerprint density at radius 3 is 2.60 bits per heavy atom. The first-order valence-corrected chi connectivity index (χ1v) is 8.21. The predicted octanol–water partition coefficient (Wildman–Crippen LogP) is 1.77. The Morgan fingerprint density at radius 1 is 1.40 bits per heavy atom. The number of hydrogen-bond donors (Lipinski definition) is 1. The summed E-state index contributed by atoms with van der Waals surface area (Å²) in [6, 6.07) is 4.26. The highest BCUT2D eigenvalue weighted by molar-refractivity contribution is 7.09. The molecular weight excluding hydrogens is 270 g/mol. The van der Waals surface area contributed by atoms with Crippen LogP contribution in [0.4, 0.5) is 0 Å². The van der Waals surface area contributed by atoms with Crippen molar-refractivity contribution in [2.45, 2.75) is 26.8 Å². The maximum Gasteiger partial charge on any atom is 0.229 e. The second-order valence-electron chi connectivity index (χ2n) is 5.77. The molecule has 1 atom stereocenters. The van der Waals surface area contributed by atoms with Gasteiger partial charge in [0.25, 0.3) is 0 Å².